The molecule has 4 aromatic rings. The molecule has 4 aromatic carbocycles. The molecule has 0 saturated heterocycles. The van der Waals surface area contributed by atoms with E-state index in [0.717, 1.165) is 38.3 Å². The van der Waals surface area contributed by atoms with Gasteiger partial charge in [-0.05, 0) is 82.8 Å². The summed E-state index contributed by atoms with van der Waals surface area (Å²) in [5.74, 6) is -0.0298. The molecule has 4 rings (SSSR count). The van der Waals surface area contributed by atoms with Crippen LogP contribution in [0.1, 0.15) is 16.7 Å². The van der Waals surface area contributed by atoms with Crippen molar-refractivity contribution in [2.45, 2.75) is 11.8 Å². The summed E-state index contributed by atoms with van der Waals surface area (Å²) in [5, 5.41) is 9.51. The van der Waals surface area contributed by atoms with E-state index in [2.05, 4.69) is 30.3 Å². The van der Waals surface area contributed by atoms with Gasteiger partial charge in [0.05, 0.1) is 0 Å². The maximum Gasteiger partial charge on any atom is 0.341 e. The van der Waals surface area contributed by atoms with Crippen molar-refractivity contribution in [3.63, 3.8) is 0 Å². The normalized spacial score (nSPS) is 11.4. The van der Waals surface area contributed by atoms with Gasteiger partial charge in [0.2, 0.25) is 0 Å². The van der Waals surface area contributed by atoms with E-state index in [4.69, 9.17) is 21.4 Å². The summed E-state index contributed by atoms with van der Waals surface area (Å²) in [4.78, 5) is 11.8. The molecule has 0 fully saturated rings. The van der Waals surface area contributed by atoms with E-state index in [9.17, 15) is 9.18 Å². The topological polar surface area (TPSA) is 46.5 Å². The third-order valence-corrected chi connectivity index (χ3v) is 6.70. The molecule has 0 unspecified atom stereocenters. The van der Waals surface area contributed by atoms with Crippen LogP contribution >= 0.6 is 23.4 Å². The minimum absolute atomic E-state index is 0.274. The zero-order chi connectivity index (χ0) is 25.5. The number of carboxylic acids is 1. The van der Waals surface area contributed by atoms with Gasteiger partial charge in [0.15, 0.2) is 6.61 Å². The fourth-order valence-corrected chi connectivity index (χ4v) is 4.83. The highest BCUT2D eigenvalue weighted by Gasteiger charge is 2.08. The maximum atomic E-state index is 13.6. The average Bonchev–Trinajstić information content (AvgIpc) is 2.87. The van der Waals surface area contributed by atoms with Crippen molar-refractivity contribution in [2.24, 2.45) is 0 Å². The number of thioether (sulfide) groups is 1. The summed E-state index contributed by atoms with van der Waals surface area (Å²) < 4.78 is 18.9. The van der Waals surface area contributed by atoms with Crippen molar-refractivity contribution in [3.8, 4) is 16.9 Å². The number of aryl methyl sites for hydroxylation is 1. The summed E-state index contributed by atoms with van der Waals surface area (Å²) in [6, 6.07) is 28.2. The maximum absolute atomic E-state index is 13.6. The SMILES string of the molecule is Cc1cc(SC/C=C(\c2ccc(F)cc2)c2ccc(-c3cccc(Cl)c3)cc2)ccc1OCC(=O)O. The summed E-state index contributed by atoms with van der Waals surface area (Å²) in [6.07, 6.45) is 2.14. The van der Waals surface area contributed by atoms with Gasteiger partial charge >= 0.3 is 5.97 Å². The monoisotopic (exact) mass is 518 g/mol. The number of carboxylic acid groups (broad SMARTS) is 1. The molecule has 6 heteroatoms. The van der Waals surface area contributed by atoms with Gasteiger partial charge in [-0.1, -0.05) is 66.2 Å². The standard InChI is InChI=1S/C30H24ClFO3S/c1-20-17-27(13-14-29(20)35-19-30(33)34)36-16-15-28(23-9-11-26(32)12-10-23)22-7-5-21(6-8-22)24-3-2-4-25(31)18-24/h2-15,17-18H,16,19H2,1H3,(H,33,34)/b28-15-. The Kier molecular flexibility index (Phi) is 8.47. The Balaban J connectivity index is 1.55. The molecule has 36 heavy (non-hydrogen) atoms. The van der Waals surface area contributed by atoms with Crippen molar-refractivity contribution in [1.29, 1.82) is 0 Å². The smallest absolute Gasteiger partial charge is 0.341 e. The van der Waals surface area contributed by atoms with Gasteiger partial charge in [0.1, 0.15) is 11.6 Å². The molecular weight excluding hydrogens is 495 g/mol. The second kappa shape index (κ2) is 11.9. The van der Waals surface area contributed by atoms with Crippen molar-refractivity contribution in [3.05, 3.63) is 125 Å². The van der Waals surface area contributed by atoms with Gasteiger partial charge in [-0.3, -0.25) is 0 Å². The number of halogens is 2. The Bertz CT molecular complexity index is 1380. The minimum atomic E-state index is -1.01. The van der Waals surface area contributed by atoms with Crippen LogP contribution in [-0.2, 0) is 4.79 Å². The van der Waals surface area contributed by atoms with Gasteiger partial charge in [0.25, 0.3) is 0 Å². The number of benzene rings is 4. The molecule has 0 atom stereocenters. The molecule has 0 amide bonds. The second-order valence-corrected chi connectivity index (χ2v) is 9.66. The first kappa shape index (κ1) is 25.5. The number of hydrogen-bond donors (Lipinski definition) is 1. The Morgan fingerprint density at radius 1 is 0.944 bits per heavy atom. The number of ether oxygens (including phenoxy) is 1. The number of rotatable bonds is 9. The van der Waals surface area contributed by atoms with Crippen molar-refractivity contribution >= 4 is 34.9 Å². The fourth-order valence-electron chi connectivity index (χ4n) is 3.78. The summed E-state index contributed by atoms with van der Waals surface area (Å²) in [7, 11) is 0. The van der Waals surface area contributed by atoms with Crippen LogP contribution in [-0.4, -0.2) is 23.4 Å². The minimum Gasteiger partial charge on any atom is -0.482 e. The molecule has 0 aliphatic carbocycles. The van der Waals surface area contributed by atoms with E-state index in [1.165, 1.54) is 12.1 Å². The van der Waals surface area contributed by atoms with E-state index < -0.39 is 5.97 Å². The highest BCUT2D eigenvalue weighted by molar-refractivity contribution is 7.99. The lowest BCUT2D eigenvalue weighted by Crippen LogP contribution is -2.09. The third kappa shape index (κ3) is 6.78. The Morgan fingerprint density at radius 2 is 1.64 bits per heavy atom. The quantitative estimate of drug-likeness (QED) is 0.227. The van der Waals surface area contributed by atoms with Gasteiger partial charge in [-0.15, -0.1) is 11.8 Å². The molecule has 182 valence electrons. The van der Waals surface area contributed by atoms with Gasteiger partial charge in [-0.25, -0.2) is 9.18 Å². The second-order valence-electron chi connectivity index (χ2n) is 8.13. The molecule has 0 bridgehead atoms. The lowest BCUT2D eigenvalue weighted by Gasteiger charge is -2.11. The zero-order valence-corrected chi connectivity index (χ0v) is 21.2. The van der Waals surface area contributed by atoms with Crippen LogP contribution in [0.3, 0.4) is 0 Å². The van der Waals surface area contributed by atoms with E-state index >= 15 is 0 Å². The summed E-state index contributed by atoms with van der Waals surface area (Å²) in [5.41, 5.74) is 5.96. The number of hydrogen-bond acceptors (Lipinski definition) is 3. The highest BCUT2D eigenvalue weighted by atomic mass is 35.5. The average molecular weight is 519 g/mol. The third-order valence-electron chi connectivity index (χ3n) is 5.54. The Hall–Kier alpha value is -3.54. The molecule has 0 saturated carbocycles. The van der Waals surface area contributed by atoms with Crippen molar-refractivity contribution < 1.29 is 19.0 Å². The number of carbonyl (C=O) groups is 1. The first-order valence-corrected chi connectivity index (χ1v) is 12.7. The predicted octanol–water partition coefficient (Wildman–Crippen LogP) is 8.14. The number of aliphatic carboxylic acids is 1. The highest BCUT2D eigenvalue weighted by Crippen LogP contribution is 2.30. The van der Waals surface area contributed by atoms with Crippen LogP contribution in [0.15, 0.2) is 102 Å². The van der Waals surface area contributed by atoms with Crippen molar-refractivity contribution in [1.82, 2.24) is 0 Å². The van der Waals surface area contributed by atoms with Gasteiger partial charge in [0, 0.05) is 15.7 Å². The summed E-state index contributed by atoms with van der Waals surface area (Å²) >= 11 is 7.80. The Labute approximate surface area is 219 Å². The van der Waals surface area contributed by atoms with Crippen LogP contribution in [0.25, 0.3) is 16.7 Å². The molecule has 0 radical (unpaired) electrons. The molecular formula is C30H24ClFO3S. The first-order chi connectivity index (χ1) is 17.4. The lowest BCUT2D eigenvalue weighted by molar-refractivity contribution is -0.139. The molecule has 0 aliphatic rings. The lowest BCUT2D eigenvalue weighted by atomic mass is 9.95. The predicted molar refractivity (Wildman–Crippen MR) is 145 cm³/mol. The molecule has 0 heterocycles. The van der Waals surface area contributed by atoms with Crippen LogP contribution in [0.4, 0.5) is 4.39 Å². The van der Waals surface area contributed by atoms with E-state index in [0.29, 0.717) is 16.5 Å². The molecule has 0 aromatic heterocycles. The van der Waals surface area contributed by atoms with E-state index in [-0.39, 0.29) is 12.4 Å². The van der Waals surface area contributed by atoms with Crippen LogP contribution in [0.5, 0.6) is 5.75 Å². The molecule has 0 spiro atoms. The zero-order valence-electron chi connectivity index (χ0n) is 19.6. The largest absolute Gasteiger partial charge is 0.482 e. The molecule has 0 aliphatic heterocycles. The van der Waals surface area contributed by atoms with E-state index in [1.54, 1.807) is 30.0 Å². The molecule has 3 nitrogen and oxygen atoms in total. The van der Waals surface area contributed by atoms with Crippen LogP contribution in [0.2, 0.25) is 5.02 Å². The van der Waals surface area contributed by atoms with Crippen LogP contribution < -0.4 is 4.74 Å². The molecule has 1 N–H and O–H groups in total. The van der Waals surface area contributed by atoms with Gasteiger partial charge < -0.3 is 9.84 Å². The van der Waals surface area contributed by atoms with Gasteiger partial charge in [-0.2, -0.15) is 0 Å². The summed E-state index contributed by atoms with van der Waals surface area (Å²) in [6.45, 7) is 1.52. The Morgan fingerprint density at radius 3 is 2.28 bits per heavy atom. The van der Waals surface area contributed by atoms with E-state index in [1.807, 2.05) is 43.3 Å². The fraction of sp³-hybridized carbons (Fsp3) is 0.100. The van der Waals surface area contributed by atoms with Crippen LogP contribution in [0, 0.1) is 12.7 Å². The first-order valence-electron chi connectivity index (χ1n) is 11.3. The van der Waals surface area contributed by atoms with Crippen molar-refractivity contribution in [2.75, 3.05) is 12.4 Å².